The lowest BCUT2D eigenvalue weighted by atomic mass is 9.83. The Morgan fingerprint density at radius 3 is 2.67 bits per heavy atom. The Bertz CT molecular complexity index is 180. The summed E-state index contributed by atoms with van der Waals surface area (Å²) in [6, 6.07) is 0. The monoisotopic (exact) mass is 178 g/mol. The van der Waals surface area contributed by atoms with Gasteiger partial charge in [0, 0.05) is 12.3 Å². The van der Waals surface area contributed by atoms with Gasteiger partial charge in [-0.15, -0.1) is 0 Å². The Morgan fingerprint density at radius 2 is 2.17 bits per heavy atom. The average molecular weight is 178 g/mol. The maximum Gasteiger partial charge on any atom is 0.303 e. The zero-order valence-electron chi connectivity index (χ0n) is 6.72. The third-order valence-corrected chi connectivity index (χ3v) is 2.33. The second-order valence-corrected chi connectivity index (χ2v) is 3.30. The molecular weight excluding hydrogens is 166 g/mol. The van der Waals surface area contributed by atoms with E-state index >= 15 is 0 Å². The highest BCUT2D eigenvalue weighted by Crippen LogP contribution is 2.39. The van der Waals surface area contributed by atoms with Gasteiger partial charge in [0.1, 0.15) is 0 Å². The van der Waals surface area contributed by atoms with Crippen LogP contribution in [0.1, 0.15) is 32.1 Å². The Hall–Kier alpha value is -0.670. The number of carboxylic acids is 1. The third-order valence-electron chi connectivity index (χ3n) is 2.33. The van der Waals surface area contributed by atoms with Gasteiger partial charge in [-0.05, 0) is 12.8 Å². The number of rotatable bonds is 2. The van der Waals surface area contributed by atoms with Gasteiger partial charge in [-0.25, -0.2) is 8.78 Å². The zero-order chi connectivity index (χ0) is 9.19. The van der Waals surface area contributed by atoms with Gasteiger partial charge < -0.3 is 5.11 Å². The maximum atomic E-state index is 13.0. The van der Waals surface area contributed by atoms with Crippen molar-refractivity contribution in [3.05, 3.63) is 0 Å². The van der Waals surface area contributed by atoms with E-state index in [0.29, 0.717) is 12.8 Å². The van der Waals surface area contributed by atoms with Crippen LogP contribution < -0.4 is 0 Å². The molecule has 0 aromatic rings. The molecule has 1 unspecified atom stereocenters. The predicted octanol–water partition coefficient (Wildman–Crippen LogP) is 2.29. The van der Waals surface area contributed by atoms with E-state index in [-0.39, 0.29) is 6.42 Å². The molecular formula is C8H12F2O2. The number of hydrogen-bond acceptors (Lipinski definition) is 1. The van der Waals surface area contributed by atoms with Crippen molar-refractivity contribution >= 4 is 5.97 Å². The highest BCUT2D eigenvalue weighted by atomic mass is 19.3. The zero-order valence-corrected chi connectivity index (χ0v) is 6.72. The van der Waals surface area contributed by atoms with Crippen LogP contribution in [0.3, 0.4) is 0 Å². The van der Waals surface area contributed by atoms with Gasteiger partial charge in [0.2, 0.25) is 0 Å². The number of aliphatic carboxylic acids is 1. The van der Waals surface area contributed by atoms with Gasteiger partial charge in [0.15, 0.2) is 0 Å². The molecule has 0 saturated heterocycles. The fourth-order valence-corrected chi connectivity index (χ4v) is 1.63. The normalized spacial score (nSPS) is 28.3. The Kier molecular flexibility index (Phi) is 2.65. The second kappa shape index (κ2) is 3.37. The van der Waals surface area contributed by atoms with Gasteiger partial charge in [-0.3, -0.25) is 4.79 Å². The van der Waals surface area contributed by atoms with Gasteiger partial charge in [0.25, 0.3) is 5.92 Å². The summed E-state index contributed by atoms with van der Waals surface area (Å²) in [6.45, 7) is 0. The molecule has 0 heterocycles. The smallest absolute Gasteiger partial charge is 0.303 e. The molecule has 0 spiro atoms. The standard InChI is InChI=1S/C8H12F2O2/c9-8(10)4-2-1-3-6(8)5-7(11)12/h6H,1-5H2,(H,11,12). The molecule has 70 valence electrons. The first-order chi connectivity index (χ1) is 5.52. The first-order valence-corrected chi connectivity index (χ1v) is 4.12. The molecule has 0 radical (unpaired) electrons. The second-order valence-electron chi connectivity index (χ2n) is 3.30. The van der Waals surface area contributed by atoms with E-state index < -0.39 is 24.2 Å². The maximum absolute atomic E-state index is 13.0. The highest BCUT2D eigenvalue weighted by Gasteiger charge is 2.42. The number of halogens is 2. The Morgan fingerprint density at radius 1 is 1.50 bits per heavy atom. The Labute approximate surface area is 69.6 Å². The van der Waals surface area contributed by atoms with E-state index in [0.717, 1.165) is 6.42 Å². The van der Waals surface area contributed by atoms with Crippen LogP contribution in [0.15, 0.2) is 0 Å². The van der Waals surface area contributed by atoms with Crippen LogP contribution in [0.25, 0.3) is 0 Å². The molecule has 4 heteroatoms. The average Bonchev–Trinajstić information content (AvgIpc) is 1.92. The Balaban J connectivity index is 2.54. The van der Waals surface area contributed by atoms with E-state index in [1.54, 1.807) is 0 Å². The third kappa shape index (κ3) is 2.16. The summed E-state index contributed by atoms with van der Waals surface area (Å²) in [5.41, 5.74) is 0. The topological polar surface area (TPSA) is 37.3 Å². The minimum atomic E-state index is -2.75. The lowest BCUT2D eigenvalue weighted by molar-refractivity contribution is -0.146. The van der Waals surface area contributed by atoms with Gasteiger partial charge in [-0.2, -0.15) is 0 Å². The SMILES string of the molecule is O=C(O)CC1CCCCC1(F)F. The van der Waals surface area contributed by atoms with E-state index in [1.165, 1.54) is 0 Å². The first kappa shape index (κ1) is 9.42. The van der Waals surface area contributed by atoms with Gasteiger partial charge >= 0.3 is 5.97 Å². The molecule has 0 aliphatic heterocycles. The molecule has 0 aromatic carbocycles. The molecule has 1 rings (SSSR count). The van der Waals surface area contributed by atoms with Crippen molar-refractivity contribution in [2.24, 2.45) is 5.92 Å². The van der Waals surface area contributed by atoms with E-state index in [1.807, 2.05) is 0 Å². The van der Waals surface area contributed by atoms with E-state index in [2.05, 4.69) is 0 Å². The first-order valence-electron chi connectivity index (χ1n) is 4.12. The summed E-state index contributed by atoms with van der Waals surface area (Å²) in [6.07, 6.45) is 1.05. The van der Waals surface area contributed by atoms with Crippen molar-refractivity contribution in [2.75, 3.05) is 0 Å². The fourth-order valence-electron chi connectivity index (χ4n) is 1.63. The largest absolute Gasteiger partial charge is 0.481 e. The summed E-state index contributed by atoms with van der Waals surface area (Å²) < 4.78 is 25.9. The lowest BCUT2D eigenvalue weighted by Crippen LogP contribution is -2.33. The molecule has 0 amide bonds. The molecule has 1 fully saturated rings. The molecule has 0 aromatic heterocycles. The van der Waals surface area contributed by atoms with E-state index in [9.17, 15) is 13.6 Å². The van der Waals surface area contributed by atoms with Crippen molar-refractivity contribution in [3.8, 4) is 0 Å². The van der Waals surface area contributed by atoms with Crippen LogP contribution in [-0.4, -0.2) is 17.0 Å². The summed E-state index contributed by atoms with van der Waals surface area (Å²) in [7, 11) is 0. The van der Waals surface area contributed by atoms with Crippen molar-refractivity contribution in [1.82, 2.24) is 0 Å². The number of hydrogen-bond donors (Lipinski definition) is 1. The fraction of sp³-hybridized carbons (Fsp3) is 0.875. The summed E-state index contributed by atoms with van der Waals surface area (Å²) in [4.78, 5) is 10.2. The van der Waals surface area contributed by atoms with Crippen LogP contribution in [0, 0.1) is 5.92 Å². The van der Waals surface area contributed by atoms with E-state index in [4.69, 9.17) is 5.11 Å². The van der Waals surface area contributed by atoms with Crippen LogP contribution >= 0.6 is 0 Å². The van der Waals surface area contributed by atoms with Crippen molar-refractivity contribution in [3.63, 3.8) is 0 Å². The molecule has 1 aliphatic rings. The minimum Gasteiger partial charge on any atom is -0.481 e. The summed E-state index contributed by atoms with van der Waals surface area (Å²) >= 11 is 0. The van der Waals surface area contributed by atoms with Crippen molar-refractivity contribution in [2.45, 2.75) is 38.0 Å². The molecule has 1 N–H and O–H groups in total. The van der Waals surface area contributed by atoms with Gasteiger partial charge in [-0.1, -0.05) is 6.42 Å². The van der Waals surface area contributed by atoms with Crippen LogP contribution in [-0.2, 0) is 4.79 Å². The highest BCUT2D eigenvalue weighted by molar-refractivity contribution is 5.67. The van der Waals surface area contributed by atoms with Crippen LogP contribution in [0.4, 0.5) is 8.78 Å². The molecule has 1 aliphatic carbocycles. The number of alkyl halides is 2. The van der Waals surface area contributed by atoms with Crippen molar-refractivity contribution < 1.29 is 18.7 Å². The lowest BCUT2D eigenvalue weighted by Gasteiger charge is -2.29. The number of carbonyl (C=O) groups is 1. The summed E-state index contributed by atoms with van der Waals surface area (Å²) in [5, 5.41) is 8.36. The molecule has 1 saturated carbocycles. The quantitative estimate of drug-likeness (QED) is 0.704. The van der Waals surface area contributed by atoms with Crippen LogP contribution in [0.2, 0.25) is 0 Å². The molecule has 2 nitrogen and oxygen atoms in total. The molecule has 1 atom stereocenters. The molecule has 12 heavy (non-hydrogen) atoms. The van der Waals surface area contributed by atoms with Crippen molar-refractivity contribution in [1.29, 1.82) is 0 Å². The number of carboxylic acid groups (broad SMARTS) is 1. The van der Waals surface area contributed by atoms with Crippen LogP contribution in [0.5, 0.6) is 0 Å². The predicted molar refractivity (Wildman–Crippen MR) is 39.2 cm³/mol. The minimum absolute atomic E-state index is 0.148. The summed E-state index contributed by atoms with van der Waals surface area (Å²) in [5.74, 6) is -4.82. The molecule has 0 bridgehead atoms. The van der Waals surface area contributed by atoms with Gasteiger partial charge in [0.05, 0.1) is 6.42 Å².